The number of rotatable bonds is 14. The van der Waals surface area contributed by atoms with Gasteiger partial charge in [0.15, 0.2) is 0 Å². The largest absolute Gasteiger partial charge is 0.481 e. The molecular weight excluding hydrogens is 434 g/mol. The van der Waals surface area contributed by atoms with E-state index in [1.54, 1.807) is 0 Å². The zero-order valence-corrected chi connectivity index (χ0v) is 19.3. The molecule has 188 valence electrons. The molecule has 0 aromatic rings. The quantitative estimate of drug-likeness (QED) is 0.172. The van der Waals surface area contributed by atoms with E-state index in [-0.39, 0.29) is 25.3 Å². The molecule has 1 aliphatic heterocycles. The summed E-state index contributed by atoms with van der Waals surface area (Å²) in [6.45, 7) is 4.39. The molecule has 0 spiro atoms. The van der Waals surface area contributed by atoms with Gasteiger partial charge in [0.2, 0.25) is 17.7 Å². The number of nitrogens with zero attached hydrogens (tertiary/aromatic N) is 1. The summed E-state index contributed by atoms with van der Waals surface area (Å²) in [6, 6.07) is -4.23. The number of nitrogens with two attached hydrogens (primary N) is 2. The Balaban J connectivity index is 2.88. The molecule has 1 fully saturated rings. The molecule has 4 atom stereocenters. The fourth-order valence-corrected chi connectivity index (χ4v) is 3.78. The third kappa shape index (κ3) is 9.34. The van der Waals surface area contributed by atoms with Crippen LogP contribution in [0.4, 0.5) is 0 Å². The molecular formula is C21H37N5O7. The third-order valence-corrected chi connectivity index (χ3v) is 5.45. The molecule has 3 amide bonds. The highest BCUT2D eigenvalue weighted by molar-refractivity contribution is 5.95. The van der Waals surface area contributed by atoms with Gasteiger partial charge in [-0.05, 0) is 51.0 Å². The Kier molecular flexibility index (Phi) is 11.8. The van der Waals surface area contributed by atoms with Gasteiger partial charge in [0.25, 0.3) is 0 Å². The van der Waals surface area contributed by atoms with Gasteiger partial charge in [0, 0.05) is 6.54 Å². The Morgan fingerprint density at radius 1 is 1.06 bits per heavy atom. The Bertz CT molecular complexity index is 715. The summed E-state index contributed by atoms with van der Waals surface area (Å²) in [5.41, 5.74) is 11.1. The van der Waals surface area contributed by atoms with E-state index < -0.39 is 60.2 Å². The van der Waals surface area contributed by atoms with Crippen LogP contribution in [-0.2, 0) is 24.0 Å². The maximum Gasteiger partial charge on any atom is 0.326 e. The molecule has 8 N–H and O–H groups in total. The van der Waals surface area contributed by atoms with E-state index in [1.807, 2.05) is 13.8 Å². The topological polar surface area (TPSA) is 205 Å². The standard InChI is InChI=1S/C21H37N5O7/c1-12(2)10-15(18(29)24-14(21(32)33)6-3-4-8-22)25-19(30)16-7-5-9-26(16)20(31)13(23)11-17(27)28/h12-16H,3-11,22-23H2,1-2H3,(H,24,29)(H,25,30)(H,27,28)(H,32,33). The van der Waals surface area contributed by atoms with E-state index in [1.165, 1.54) is 4.90 Å². The summed E-state index contributed by atoms with van der Waals surface area (Å²) >= 11 is 0. The van der Waals surface area contributed by atoms with E-state index in [9.17, 15) is 29.1 Å². The van der Waals surface area contributed by atoms with Crippen molar-refractivity contribution in [3.8, 4) is 0 Å². The van der Waals surface area contributed by atoms with Crippen LogP contribution in [-0.4, -0.2) is 82.0 Å². The lowest BCUT2D eigenvalue weighted by Crippen LogP contribution is -2.57. The lowest BCUT2D eigenvalue weighted by atomic mass is 10.0. The number of amides is 3. The monoisotopic (exact) mass is 471 g/mol. The smallest absolute Gasteiger partial charge is 0.326 e. The maximum atomic E-state index is 13.0. The normalized spacial score (nSPS) is 18.5. The lowest BCUT2D eigenvalue weighted by Gasteiger charge is -2.29. The highest BCUT2D eigenvalue weighted by atomic mass is 16.4. The maximum absolute atomic E-state index is 13.0. The minimum absolute atomic E-state index is 0.0203. The first-order chi connectivity index (χ1) is 15.5. The van der Waals surface area contributed by atoms with Crippen molar-refractivity contribution in [2.45, 2.75) is 83.0 Å². The first kappa shape index (κ1) is 28.3. The number of nitrogens with one attached hydrogen (secondary N) is 2. The Hall–Kier alpha value is -2.73. The summed E-state index contributed by atoms with van der Waals surface area (Å²) in [5.74, 6) is -4.17. The van der Waals surface area contributed by atoms with Crippen LogP contribution in [0.1, 0.15) is 58.8 Å². The molecule has 12 nitrogen and oxygen atoms in total. The van der Waals surface area contributed by atoms with Crippen LogP contribution in [0.15, 0.2) is 0 Å². The van der Waals surface area contributed by atoms with Crippen molar-refractivity contribution in [1.82, 2.24) is 15.5 Å². The average molecular weight is 472 g/mol. The number of carbonyl (C=O) groups is 5. The summed E-state index contributed by atoms with van der Waals surface area (Å²) in [7, 11) is 0. The van der Waals surface area contributed by atoms with Crippen LogP contribution in [0.25, 0.3) is 0 Å². The predicted octanol–water partition coefficient (Wildman–Crippen LogP) is -0.991. The molecule has 1 heterocycles. The molecule has 1 aliphatic rings. The SMILES string of the molecule is CC(C)CC(NC(=O)C1CCCN1C(=O)C(N)CC(=O)O)C(=O)NC(CCCCN)C(=O)O. The van der Waals surface area contributed by atoms with Crippen LogP contribution in [0.3, 0.4) is 0 Å². The number of carboxylic acid groups (broad SMARTS) is 2. The third-order valence-electron chi connectivity index (χ3n) is 5.45. The molecule has 0 aromatic heterocycles. The van der Waals surface area contributed by atoms with E-state index in [2.05, 4.69) is 10.6 Å². The average Bonchev–Trinajstić information content (AvgIpc) is 3.20. The van der Waals surface area contributed by atoms with Gasteiger partial charge in [-0.1, -0.05) is 13.8 Å². The number of carboxylic acids is 2. The molecule has 0 bridgehead atoms. The van der Waals surface area contributed by atoms with Gasteiger partial charge in [-0.2, -0.15) is 0 Å². The van der Waals surface area contributed by atoms with Gasteiger partial charge in [0.1, 0.15) is 18.1 Å². The highest BCUT2D eigenvalue weighted by Gasteiger charge is 2.38. The molecule has 0 radical (unpaired) electrons. The lowest BCUT2D eigenvalue weighted by molar-refractivity contribution is -0.144. The number of hydrogen-bond acceptors (Lipinski definition) is 7. The summed E-state index contributed by atoms with van der Waals surface area (Å²) < 4.78 is 0. The minimum atomic E-state index is -1.27. The van der Waals surface area contributed by atoms with Crippen molar-refractivity contribution in [2.75, 3.05) is 13.1 Å². The van der Waals surface area contributed by atoms with Crippen molar-refractivity contribution < 1.29 is 34.2 Å². The Morgan fingerprint density at radius 2 is 1.73 bits per heavy atom. The van der Waals surface area contributed by atoms with Gasteiger partial charge >= 0.3 is 11.9 Å². The van der Waals surface area contributed by atoms with E-state index in [0.29, 0.717) is 32.2 Å². The van der Waals surface area contributed by atoms with Gasteiger partial charge in [-0.3, -0.25) is 19.2 Å². The van der Waals surface area contributed by atoms with Crippen molar-refractivity contribution in [1.29, 1.82) is 0 Å². The number of carbonyl (C=O) groups excluding carboxylic acids is 3. The summed E-state index contributed by atoms with van der Waals surface area (Å²) in [5, 5.41) is 23.4. The molecule has 1 rings (SSSR count). The molecule has 0 aliphatic carbocycles. The zero-order valence-electron chi connectivity index (χ0n) is 19.3. The van der Waals surface area contributed by atoms with Gasteiger partial charge in [-0.25, -0.2) is 4.79 Å². The molecule has 12 heteroatoms. The van der Waals surface area contributed by atoms with Gasteiger partial charge in [-0.15, -0.1) is 0 Å². The first-order valence-electron chi connectivity index (χ1n) is 11.3. The predicted molar refractivity (Wildman–Crippen MR) is 119 cm³/mol. The number of aliphatic carboxylic acids is 2. The van der Waals surface area contributed by atoms with E-state index in [0.717, 1.165) is 0 Å². The van der Waals surface area contributed by atoms with Crippen molar-refractivity contribution in [3.63, 3.8) is 0 Å². The zero-order chi connectivity index (χ0) is 25.1. The number of hydrogen-bond donors (Lipinski definition) is 6. The number of unbranched alkanes of at least 4 members (excludes halogenated alkanes) is 1. The fourth-order valence-electron chi connectivity index (χ4n) is 3.78. The second-order valence-electron chi connectivity index (χ2n) is 8.77. The van der Waals surface area contributed by atoms with Crippen LogP contribution in [0.5, 0.6) is 0 Å². The van der Waals surface area contributed by atoms with Crippen LogP contribution >= 0.6 is 0 Å². The van der Waals surface area contributed by atoms with Gasteiger partial charge < -0.3 is 37.2 Å². The first-order valence-corrected chi connectivity index (χ1v) is 11.3. The molecule has 4 unspecified atom stereocenters. The summed E-state index contributed by atoms with van der Waals surface area (Å²) in [4.78, 5) is 62.0. The Morgan fingerprint density at radius 3 is 2.27 bits per heavy atom. The van der Waals surface area contributed by atoms with Crippen LogP contribution in [0.2, 0.25) is 0 Å². The van der Waals surface area contributed by atoms with Crippen molar-refractivity contribution >= 4 is 29.7 Å². The highest BCUT2D eigenvalue weighted by Crippen LogP contribution is 2.19. The Labute approximate surface area is 193 Å². The van der Waals surface area contributed by atoms with E-state index >= 15 is 0 Å². The van der Waals surface area contributed by atoms with Gasteiger partial charge in [0.05, 0.1) is 12.5 Å². The number of likely N-dealkylation sites (tertiary alicyclic amines) is 1. The minimum Gasteiger partial charge on any atom is -0.481 e. The van der Waals surface area contributed by atoms with Crippen molar-refractivity contribution in [3.05, 3.63) is 0 Å². The van der Waals surface area contributed by atoms with E-state index in [4.69, 9.17) is 16.6 Å². The summed E-state index contributed by atoms with van der Waals surface area (Å²) in [6.07, 6.45) is 1.98. The molecule has 0 aromatic carbocycles. The second-order valence-corrected chi connectivity index (χ2v) is 8.77. The van der Waals surface area contributed by atoms with Crippen molar-refractivity contribution in [2.24, 2.45) is 17.4 Å². The molecule has 0 saturated carbocycles. The molecule has 33 heavy (non-hydrogen) atoms. The van der Waals surface area contributed by atoms with Crippen LogP contribution in [0, 0.1) is 5.92 Å². The molecule has 1 saturated heterocycles. The second kappa shape index (κ2) is 13.7. The fraction of sp³-hybridized carbons (Fsp3) is 0.762. The van der Waals surface area contributed by atoms with Crippen LogP contribution < -0.4 is 22.1 Å².